The van der Waals surface area contributed by atoms with Gasteiger partial charge in [0.15, 0.2) is 17.3 Å². The summed E-state index contributed by atoms with van der Waals surface area (Å²) in [5.74, 6) is 4.04. The summed E-state index contributed by atoms with van der Waals surface area (Å²) in [7, 11) is 0. The molecule has 132 heavy (non-hydrogen) atoms. The van der Waals surface area contributed by atoms with Gasteiger partial charge < -0.3 is 172 Å². The van der Waals surface area contributed by atoms with E-state index < -0.39 is 237 Å². The Kier molecular flexibility index (Phi) is 63.8. The Bertz CT molecular complexity index is 3360. The van der Waals surface area contributed by atoms with Gasteiger partial charge in [-0.3, -0.25) is 29.0 Å². The van der Waals surface area contributed by atoms with Gasteiger partial charge in [0.25, 0.3) is 0 Å². The minimum absolute atomic E-state index is 0.00607. The average Bonchev–Trinajstić information content (AvgIpc) is 0.842. The summed E-state index contributed by atoms with van der Waals surface area (Å²) in [5.41, 5.74) is 8.46. The van der Waals surface area contributed by atoms with Crippen LogP contribution in [0.25, 0.3) is 0 Å². The van der Waals surface area contributed by atoms with E-state index in [9.17, 15) is 121 Å². The number of hydrogen-bond acceptors (Lipinski definition) is 46. The number of unbranched alkanes of at least 4 members (excludes halogenated alkanes) is 6. The molecule has 2 aromatic rings. The van der Waals surface area contributed by atoms with Crippen molar-refractivity contribution in [2.24, 2.45) is 11.5 Å². The highest BCUT2D eigenvalue weighted by Gasteiger charge is 2.49. The van der Waals surface area contributed by atoms with Gasteiger partial charge in [-0.25, -0.2) is 0 Å². The van der Waals surface area contributed by atoms with Crippen LogP contribution < -0.4 is 11.5 Å². The molecule has 0 spiro atoms. The summed E-state index contributed by atoms with van der Waals surface area (Å²) >= 11 is 7.79. The Hall–Kier alpha value is -2.83. The minimum atomic E-state index is -1.36. The number of ether oxygens (including phenoxy) is 6. The van der Waals surface area contributed by atoms with Crippen molar-refractivity contribution in [2.45, 2.75) is 353 Å². The highest BCUT2D eigenvalue weighted by Crippen LogP contribution is 2.36. The summed E-state index contributed by atoms with van der Waals surface area (Å²) in [6, 6.07) is 13.4. The third kappa shape index (κ3) is 43.3. The van der Waals surface area contributed by atoms with E-state index in [4.69, 9.17) is 75.6 Å². The van der Waals surface area contributed by atoms with Gasteiger partial charge in [0.05, 0.1) is 51.7 Å². The maximum atomic E-state index is 12.1. The van der Waals surface area contributed by atoms with Gasteiger partial charge in [0, 0.05) is 51.1 Å². The molecule has 6 fully saturated rings. The summed E-state index contributed by atoms with van der Waals surface area (Å²) in [6.07, 6.45) is -15.0. The van der Waals surface area contributed by atoms with Gasteiger partial charge in [-0.05, 0) is 156 Å². The van der Waals surface area contributed by atoms with Gasteiger partial charge in [-0.2, -0.15) is 0 Å². The number of thioether (sulfide) groups is 6. The second-order valence-electron chi connectivity index (χ2n) is 32.5. The van der Waals surface area contributed by atoms with Crippen molar-refractivity contribution in [2.75, 3.05) is 74.2 Å². The number of aliphatic hydroxyl groups is 25. The van der Waals surface area contributed by atoms with Crippen LogP contribution >= 0.6 is 70.6 Å². The summed E-state index contributed by atoms with van der Waals surface area (Å²) in [5, 5.41) is 239. The molecule has 764 valence electrons. The number of rotatable bonds is 49. The van der Waals surface area contributed by atoms with Crippen LogP contribution in [0.2, 0.25) is 0 Å². The number of ketones is 6. The van der Waals surface area contributed by atoms with Crippen LogP contribution in [0.1, 0.15) is 178 Å². The highest BCUT2D eigenvalue weighted by molar-refractivity contribution is 8.00. The molecule has 1 aromatic carbocycles. The Morgan fingerprint density at radius 1 is 0.333 bits per heavy atom. The average molecular weight is 2010 g/mol. The van der Waals surface area contributed by atoms with Crippen molar-refractivity contribution < 1.29 is 185 Å². The summed E-state index contributed by atoms with van der Waals surface area (Å²) < 4.78 is 32.3. The van der Waals surface area contributed by atoms with Crippen molar-refractivity contribution in [3.63, 3.8) is 0 Å². The van der Waals surface area contributed by atoms with Gasteiger partial charge in [0.2, 0.25) is 0 Å². The molecule has 40 nitrogen and oxygen atoms in total. The van der Waals surface area contributed by atoms with Crippen molar-refractivity contribution in [1.29, 1.82) is 0 Å². The fourth-order valence-electron chi connectivity index (χ4n) is 13.4. The predicted octanol–water partition coefficient (Wildman–Crippen LogP) is -3.49. The Balaban J connectivity index is 0.000000409. The number of nitrogens with zero attached hydrogens (tertiary/aromatic N) is 1. The first-order chi connectivity index (χ1) is 62.7. The molecule has 0 bridgehead atoms. The van der Waals surface area contributed by atoms with Crippen molar-refractivity contribution in [1.82, 2.24) is 4.98 Å². The largest absolute Gasteiger partial charge is 0.394 e. The molecule has 33 unspecified atom stereocenters. The number of carbonyl (C=O) groups excluding carboxylic acids is 6. The fourth-order valence-corrected chi connectivity index (χ4v) is 20.5. The predicted molar refractivity (Wildman–Crippen MR) is 493 cm³/mol. The molecule has 0 radical (unpaired) electrons. The molecule has 46 heteroatoms. The smallest absolute Gasteiger partial charge is 0.181 e. The van der Waals surface area contributed by atoms with E-state index in [0.29, 0.717) is 124 Å². The standard InChI is InChI=1S/C18H27NO6S.C16H23NO6S.C14H26O6S.C13H25NO6S.C13H24O7S.C12H22O6S/c19-14(11-6-2-1-3-7-11)12(21)8-4-5-9-26-18-17(24)16(23)15(22)13(10-20)25-18;18-9-12-13(20)14(21)15(22)16(23-12)24-8-4-2-6-11(19)10-5-1-3-7-17-10;1-2-5-9(16)6-3-4-7-21-14-13(19)12(18)11(17)10(8-15)20-14;1-7(14)8(16)4-2-3-5-21-13-12(19)11(18)10(17)9(6-15)20-13;1-7(15)8(16)4-2-3-5-21-13-12(19)11(18)10(17)9(6-14)20-13;1-7(14)4-2-3-5-19-12-11(17)10(16)9(15)8(6-13)18-12/h1-3,6-7,13-18,20,22-24H,4-5,8-10,19H2;1,3,5,7,12-16,18,20-22H,2,4,6,8-9H2;10-15,17-19H,2-8H2,1H3;7,9-13,15,17-19H,2-6,14H2,1H3;7,9-15,17-19H,2-6H2,1H3;8-13,15-17H,2-6H2,1H3. The first-order valence-electron chi connectivity index (χ1n) is 44.5. The molecule has 7 heterocycles. The zero-order valence-corrected chi connectivity index (χ0v) is 79.9. The normalized spacial score (nSPS) is 32.8. The molecular formula is C86H147N3O37S6. The molecule has 6 saturated heterocycles. The molecule has 0 saturated carbocycles. The quantitative estimate of drug-likeness (QED) is 0.0226. The van der Waals surface area contributed by atoms with E-state index in [0.717, 1.165) is 50.5 Å². The SMILES string of the molecule is CC(=O)CCCCSC1OC(CO)C(O)C(O)C1O.CC(N)C(=O)CCCCSC1OC(CO)C(O)C(O)C1O.CC(O)C(=O)CCCCSC1OC(CO)C(O)C(O)C1O.CCCC(=O)CCCCSC1OC(CO)C(O)C(O)C1O.NC(C(=O)CCCCSC1OC(CO)C(O)C(O)C1O)c1ccccc1.O=C(CCCCSC1OC(CO)C(O)C(O)C1O)c1ccccn1. The first-order valence-corrected chi connectivity index (χ1v) is 50.8. The number of aliphatic hydroxyl groups excluding tert-OH is 25. The minimum Gasteiger partial charge on any atom is -0.394 e. The molecule has 29 N–H and O–H groups in total. The van der Waals surface area contributed by atoms with Gasteiger partial charge in [0.1, 0.15) is 208 Å². The van der Waals surface area contributed by atoms with Crippen LogP contribution in [-0.2, 0) is 52.4 Å². The van der Waals surface area contributed by atoms with Crippen molar-refractivity contribution in [3.05, 3.63) is 66.0 Å². The maximum Gasteiger partial charge on any atom is 0.181 e. The van der Waals surface area contributed by atoms with Crippen LogP contribution in [0, 0.1) is 0 Å². The number of benzene rings is 1. The van der Waals surface area contributed by atoms with Crippen LogP contribution in [0.5, 0.6) is 0 Å². The number of nitrogens with two attached hydrogens (primary N) is 2. The molecule has 0 aliphatic carbocycles. The molecular weight excluding hydrogens is 1860 g/mol. The number of pyridine rings is 1. The van der Waals surface area contributed by atoms with Gasteiger partial charge in [-0.15, -0.1) is 70.6 Å². The molecule has 33 atom stereocenters. The third-order valence-electron chi connectivity index (χ3n) is 21.8. The lowest BCUT2D eigenvalue weighted by Crippen LogP contribution is -2.57. The van der Waals surface area contributed by atoms with E-state index in [2.05, 4.69) is 4.98 Å². The molecule has 8 rings (SSSR count). The number of Topliss-reactive ketones (excluding diaryl/α,β-unsaturated/α-hetero) is 6. The molecule has 6 aliphatic rings. The Morgan fingerprint density at radius 2 is 0.598 bits per heavy atom. The zero-order chi connectivity index (χ0) is 98.9. The number of aromatic nitrogens is 1. The molecule has 6 aliphatic heterocycles. The molecule has 0 amide bonds. The number of hydrogen-bond donors (Lipinski definition) is 27. The zero-order valence-electron chi connectivity index (χ0n) is 75.0. The first kappa shape index (κ1) is 123. The van der Waals surface area contributed by atoms with Crippen molar-refractivity contribution in [3.8, 4) is 0 Å². The fraction of sp³-hybridized carbons (Fsp3) is 0.802. The van der Waals surface area contributed by atoms with Gasteiger partial charge >= 0.3 is 0 Å². The second kappa shape index (κ2) is 68.3. The summed E-state index contributed by atoms with van der Waals surface area (Å²) in [6.45, 7) is 4.07. The van der Waals surface area contributed by atoms with Crippen LogP contribution in [0.15, 0.2) is 54.7 Å². The topological polar surface area (TPSA) is 728 Å². The maximum absolute atomic E-state index is 12.1. The monoisotopic (exact) mass is 2010 g/mol. The van der Waals surface area contributed by atoms with E-state index in [1.807, 2.05) is 37.3 Å². The summed E-state index contributed by atoms with van der Waals surface area (Å²) in [4.78, 5) is 72.7. The van der Waals surface area contributed by atoms with E-state index >= 15 is 0 Å². The van der Waals surface area contributed by atoms with Crippen LogP contribution in [0.4, 0.5) is 0 Å². The third-order valence-corrected chi connectivity index (χ3v) is 29.2. The van der Waals surface area contributed by atoms with Gasteiger partial charge in [-0.1, -0.05) is 43.3 Å². The lowest BCUT2D eigenvalue weighted by molar-refractivity contribution is -0.205. The highest BCUT2D eigenvalue weighted by atomic mass is 32.2. The lowest BCUT2D eigenvalue weighted by atomic mass is 10.0. The Labute approximate surface area is 795 Å². The lowest BCUT2D eigenvalue weighted by Gasteiger charge is -2.39. The van der Waals surface area contributed by atoms with E-state index in [1.54, 1.807) is 38.2 Å². The van der Waals surface area contributed by atoms with Crippen molar-refractivity contribution >= 4 is 105 Å². The van der Waals surface area contributed by atoms with Crippen LogP contribution in [0.3, 0.4) is 0 Å². The van der Waals surface area contributed by atoms with Crippen LogP contribution in [-0.4, -0.2) is 433 Å². The Morgan fingerprint density at radius 3 is 0.856 bits per heavy atom. The number of carbonyl (C=O) groups is 6. The second-order valence-corrected chi connectivity index (χ2v) is 39.8. The molecule has 1 aromatic heterocycles. The van der Waals surface area contributed by atoms with E-state index in [-0.39, 0.29) is 34.7 Å². The van der Waals surface area contributed by atoms with E-state index in [1.165, 1.54) is 77.5 Å².